The van der Waals surface area contributed by atoms with Crippen LogP contribution in [-0.2, 0) is 18.4 Å². The van der Waals surface area contributed by atoms with Gasteiger partial charge in [-0.25, -0.2) is 4.79 Å². The van der Waals surface area contributed by atoms with Gasteiger partial charge in [-0.15, -0.1) is 0 Å². The lowest BCUT2D eigenvalue weighted by Crippen LogP contribution is -2.51. The summed E-state index contributed by atoms with van der Waals surface area (Å²) in [4.78, 5) is 10.3. The third-order valence-corrected chi connectivity index (χ3v) is 10.0. The number of aliphatic hydroxyl groups is 2. The van der Waals surface area contributed by atoms with Crippen molar-refractivity contribution in [3.8, 4) is 0 Å². The van der Waals surface area contributed by atoms with Crippen molar-refractivity contribution in [3.05, 3.63) is 12.7 Å². The molecule has 0 saturated carbocycles. The number of carbonyl (C=O) groups is 1. The van der Waals surface area contributed by atoms with Gasteiger partial charge < -0.3 is 23.8 Å². The minimum atomic E-state index is -1.17. The molecule has 162 valence electrons. The first-order valence-corrected chi connectivity index (χ1v) is 14.5. The van der Waals surface area contributed by atoms with Gasteiger partial charge in [-0.1, -0.05) is 60.8 Å². The van der Waals surface area contributed by atoms with Gasteiger partial charge in [0.1, 0.15) is 40.0 Å². The van der Waals surface area contributed by atoms with Gasteiger partial charge in [0.05, 0.1) is 6.61 Å². The number of carbonyl (C=O) groups excluding carboxylic acids is 1. The van der Waals surface area contributed by atoms with Gasteiger partial charge >= 0.3 is 5.97 Å². The van der Waals surface area contributed by atoms with Crippen molar-refractivity contribution in [1.29, 1.82) is 0 Å². The zero-order chi connectivity index (χ0) is 22.1. The number of esters is 1. The van der Waals surface area contributed by atoms with Crippen LogP contribution in [0.3, 0.4) is 0 Å². The molecule has 0 aliphatic carbocycles. The fraction of sp³-hybridized carbons (Fsp3) is 0.833. The van der Waals surface area contributed by atoms with E-state index in [-0.39, 0.29) is 23.7 Å². The van der Waals surface area contributed by atoms with Crippen LogP contribution < -0.4 is 0 Å². The smallest absolute Gasteiger partial charge is 0.330 e. The van der Waals surface area contributed by atoms with Crippen LogP contribution in [-0.4, -0.2) is 70.8 Å². The Labute approximate surface area is 172 Å². The average molecular weight is 439 g/mol. The molecule has 6 nitrogen and oxygen atoms in total. The molecule has 0 amide bonds. The van der Waals surface area contributed by atoms with Crippen LogP contribution in [0.15, 0.2) is 12.7 Å². The summed E-state index contributed by atoms with van der Waals surface area (Å²) in [6, 6.07) is 0. The van der Waals surface area contributed by atoms with Crippen molar-refractivity contribution in [1.82, 2.24) is 0 Å². The lowest BCUT2D eigenvalue weighted by Gasteiger charge is -2.52. The molecule has 2 atom stereocenters. The molecule has 0 spiro atoms. The number of hydrogen-bond donors (Lipinski definition) is 2. The van der Waals surface area contributed by atoms with Crippen LogP contribution >= 0.6 is 0 Å². The Morgan fingerprint density at radius 2 is 1.59 bits per heavy atom. The predicted octanol–water partition coefficient (Wildman–Crippen LogP) is 0.756. The van der Waals surface area contributed by atoms with Crippen molar-refractivity contribution < 1.29 is 28.6 Å². The van der Waals surface area contributed by atoms with E-state index in [0.29, 0.717) is 0 Å². The van der Waals surface area contributed by atoms with Crippen LogP contribution in [0.1, 0.15) is 34.6 Å². The summed E-state index contributed by atoms with van der Waals surface area (Å²) >= 11 is 0. The van der Waals surface area contributed by atoms with Crippen LogP contribution in [0.5, 0.6) is 0 Å². The highest BCUT2D eigenvalue weighted by Gasteiger charge is 2.49. The zero-order valence-corrected chi connectivity index (χ0v) is 24.0. The molecule has 0 fully saturated rings. The molecular weight excluding hydrogens is 396 g/mol. The Morgan fingerprint density at radius 1 is 1.15 bits per heavy atom. The van der Waals surface area contributed by atoms with Gasteiger partial charge in [0.2, 0.25) is 0 Å². The van der Waals surface area contributed by atoms with E-state index in [9.17, 15) is 4.79 Å². The highest BCUT2D eigenvalue weighted by Crippen LogP contribution is 2.53. The number of hydrogen-bond acceptors (Lipinski definition) is 6. The summed E-state index contributed by atoms with van der Waals surface area (Å²) in [5, 5.41) is 16.9. The van der Waals surface area contributed by atoms with Crippen LogP contribution in [0.25, 0.3) is 0 Å². The van der Waals surface area contributed by atoms with Crippen molar-refractivity contribution in [2.45, 2.75) is 72.2 Å². The monoisotopic (exact) mass is 438 g/mol. The SMILES string of the molecule is C=CC(=O)OCC(O)CO.CC(C(C)(C)C(C)(C)C(O[SiH3])O[SiH3])[Si](C)(C)C. The second kappa shape index (κ2) is 12.3. The average Bonchev–Trinajstić information content (AvgIpc) is 2.58. The second-order valence-corrected chi connectivity index (χ2v) is 15.5. The molecule has 27 heavy (non-hydrogen) atoms. The van der Waals surface area contributed by atoms with Crippen LogP contribution in [0.4, 0.5) is 0 Å². The predicted molar refractivity (Wildman–Crippen MR) is 120 cm³/mol. The maximum Gasteiger partial charge on any atom is 0.330 e. The van der Waals surface area contributed by atoms with E-state index < -0.39 is 26.8 Å². The molecular formula is C18H42O6Si3. The lowest BCUT2D eigenvalue weighted by atomic mass is 9.65. The zero-order valence-electron chi connectivity index (χ0n) is 19.0. The Bertz CT molecular complexity index is 445. The summed E-state index contributed by atoms with van der Waals surface area (Å²) in [5.41, 5.74) is 0.994. The van der Waals surface area contributed by atoms with E-state index in [4.69, 9.17) is 19.1 Å². The van der Waals surface area contributed by atoms with Crippen molar-refractivity contribution in [3.63, 3.8) is 0 Å². The maximum atomic E-state index is 10.3. The van der Waals surface area contributed by atoms with E-state index in [0.717, 1.165) is 32.6 Å². The number of ether oxygens (including phenoxy) is 1. The number of rotatable bonds is 10. The Kier molecular flexibility index (Phi) is 13.2. The number of aliphatic hydroxyl groups excluding tert-OH is 2. The Hall–Kier alpha value is -0.299. The van der Waals surface area contributed by atoms with Crippen molar-refractivity contribution >= 4 is 35.0 Å². The third-order valence-electron chi connectivity index (χ3n) is 5.86. The second-order valence-electron chi connectivity index (χ2n) is 9.00. The molecule has 0 saturated heterocycles. The Balaban J connectivity index is 0. The van der Waals surface area contributed by atoms with Crippen LogP contribution in [0, 0.1) is 10.8 Å². The van der Waals surface area contributed by atoms with Crippen molar-refractivity contribution in [2.75, 3.05) is 13.2 Å². The topological polar surface area (TPSA) is 85.2 Å². The van der Waals surface area contributed by atoms with E-state index in [1.165, 1.54) is 0 Å². The molecule has 0 aromatic heterocycles. The summed E-state index contributed by atoms with van der Waals surface area (Å²) < 4.78 is 15.7. The summed E-state index contributed by atoms with van der Waals surface area (Å²) in [5.74, 6) is -0.604. The summed E-state index contributed by atoms with van der Waals surface area (Å²) in [7, 11) is 0.315. The van der Waals surface area contributed by atoms with Crippen molar-refractivity contribution in [2.24, 2.45) is 10.8 Å². The van der Waals surface area contributed by atoms with Gasteiger partial charge in [-0.05, 0) is 11.0 Å². The quantitative estimate of drug-likeness (QED) is 0.227. The van der Waals surface area contributed by atoms with Gasteiger partial charge in [0.25, 0.3) is 0 Å². The van der Waals surface area contributed by atoms with Gasteiger partial charge in [0, 0.05) is 19.6 Å². The van der Waals surface area contributed by atoms with E-state index >= 15 is 0 Å². The molecule has 0 aliphatic heterocycles. The molecule has 0 heterocycles. The van der Waals surface area contributed by atoms with Gasteiger partial charge in [-0.2, -0.15) is 0 Å². The minimum absolute atomic E-state index is 0.0327. The lowest BCUT2D eigenvalue weighted by molar-refractivity contribution is -0.141. The molecule has 0 aromatic rings. The van der Waals surface area contributed by atoms with E-state index in [1.807, 2.05) is 0 Å². The van der Waals surface area contributed by atoms with Gasteiger partial charge in [-0.3, -0.25) is 0 Å². The first-order chi connectivity index (χ1) is 12.1. The van der Waals surface area contributed by atoms with E-state index in [1.54, 1.807) is 0 Å². The molecule has 2 N–H and O–H groups in total. The Morgan fingerprint density at radius 3 is 1.89 bits per heavy atom. The molecule has 0 bridgehead atoms. The largest absolute Gasteiger partial charge is 0.460 e. The molecule has 9 heteroatoms. The summed E-state index contributed by atoms with van der Waals surface area (Å²) in [6.45, 7) is 21.7. The standard InChI is InChI=1S/C12H32O2Si3.C6H10O4/c1-9(17(6,7)8)11(2,3)12(4,5)10(13-15)14-16;1-2-6(9)10-4-5(8)3-7/h9-10H,1-8,15-16H3;2,5,7-8H,1,3-4H2. The highest BCUT2D eigenvalue weighted by molar-refractivity contribution is 6.77. The molecule has 0 aromatic carbocycles. The molecule has 0 aliphatic rings. The third kappa shape index (κ3) is 9.16. The molecule has 0 rings (SSSR count). The molecule has 2 unspecified atom stereocenters. The fourth-order valence-electron chi connectivity index (χ4n) is 2.92. The summed E-state index contributed by atoms with van der Waals surface area (Å²) in [6.07, 6.45) is -0.0390. The highest BCUT2D eigenvalue weighted by atomic mass is 28.3. The first kappa shape index (κ1) is 28.9. The van der Waals surface area contributed by atoms with E-state index in [2.05, 4.69) is 65.6 Å². The molecule has 0 radical (unpaired) electrons. The minimum Gasteiger partial charge on any atom is -0.460 e. The maximum absolute atomic E-state index is 10.3. The normalized spacial score (nSPS) is 16.1. The first-order valence-electron chi connectivity index (χ1n) is 9.27. The fourth-order valence-corrected chi connectivity index (χ4v) is 7.41. The van der Waals surface area contributed by atoms with Gasteiger partial charge in [0.15, 0.2) is 0 Å². The van der Waals surface area contributed by atoms with Crippen LogP contribution in [0.2, 0.25) is 25.2 Å².